The Morgan fingerprint density at radius 3 is 2.88 bits per heavy atom. The molecule has 1 fully saturated rings. The minimum Gasteiger partial charge on any atom is -0.384 e. The van der Waals surface area contributed by atoms with E-state index in [9.17, 15) is 4.79 Å². The molecule has 1 aromatic rings. The molecule has 3 N–H and O–H groups in total. The average molecular weight is 235 g/mol. The molecular weight excluding hydrogens is 218 g/mol. The maximum atomic E-state index is 11.8. The van der Waals surface area contributed by atoms with E-state index in [0.717, 1.165) is 26.1 Å². The number of carbonyl (C=O) groups excluding carboxylic acids is 1. The van der Waals surface area contributed by atoms with E-state index in [2.05, 4.69) is 10.3 Å². The maximum Gasteiger partial charge on any atom is 0.224 e. The summed E-state index contributed by atoms with van der Waals surface area (Å²) in [7, 11) is 0. The predicted molar refractivity (Wildman–Crippen MR) is 65.4 cm³/mol. The van der Waals surface area contributed by atoms with Gasteiger partial charge in [-0.15, -0.1) is 0 Å². The number of amides is 1. The molecule has 1 amide bonds. The molecule has 0 aromatic carbocycles. The minimum absolute atomic E-state index is 0.0310. The van der Waals surface area contributed by atoms with Gasteiger partial charge in [0.05, 0.1) is 11.9 Å². The van der Waals surface area contributed by atoms with Gasteiger partial charge in [0.15, 0.2) is 0 Å². The van der Waals surface area contributed by atoms with E-state index < -0.39 is 0 Å². The van der Waals surface area contributed by atoms with E-state index >= 15 is 0 Å². The van der Waals surface area contributed by atoms with Crippen LogP contribution in [0, 0.1) is 5.92 Å². The molecule has 2 rings (SSSR count). The van der Waals surface area contributed by atoms with Gasteiger partial charge in [-0.05, 0) is 30.9 Å². The molecule has 0 spiro atoms. The molecule has 0 saturated carbocycles. The van der Waals surface area contributed by atoms with Crippen molar-refractivity contribution in [2.45, 2.75) is 19.3 Å². The van der Waals surface area contributed by atoms with E-state index in [1.54, 1.807) is 18.3 Å². The fourth-order valence-corrected chi connectivity index (χ4v) is 1.90. The second-order valence-electron chi connectivity index (χ2n) is 4.28. The summed E-state index contributed by atoms with van der Waals surface area (Å²) in [4.78, 5) is 15.7. The monoisotopic (exact) mass is 235 g/mol. The van der Waals surface area contributed by atoms with Gasteiger partial charge >= 0.3 is 0 Å². The van der Waals surface area contributed by atoms with Gasteiger partial charge in [-0.2, -0.15) is 0 Å². The number of ether oxygens (including phenoxy) is 1. The molecule has 0 unspecified atom stereocenters. The Kier molecular flexibility index (Phi) is 3.93. The van der Waals surface area contributed by atoms with Crippen molar-refractivity contribution in [1.82, 2.24) is 4.98 Å². The third-order valence-corrected chi connectivity index (χ3v) is 2.89. The van der Waals surface area contributed by atoms with Crippen LogP contribution in [0.4, 0.5) is 11.5 Å². The van der Waals surface area contributed by atoms with Crippen LogP contribution in [0.2, 0.25) is 0 Å². The Balaban J connectivity index is 1.82. The number of rotatable bonds is 3. The average Bonchev–Trinajstić information content (AvgIpc) is 2.33. The van der Waals surface area contributed by atoms with Gasteiger partial charge in [0, 0.05) is 19.6 Å². The number of hydrogen-bond donors (Lipinski definition) is 2. The van der Waals surface area contributed by atoms with Crippen molar-refractivity contribution in [2.24, 2.45) is 5.92 Å². The Hall–Kier alpha value is -1.62. The predicted octanol–water partition coefficient (Wildman–Crippen LogP) is 1.42. The van der Waals surface area contributed by atoms with Crippen molar-refractivity contribution in [1.29, 1.82) is 0 Å². The molecule has 0 aliphatic carbocycles. The molecule has 0 radical (unpaired) electrons. The largest absolute Gasteiger partial charge is 0.384 e. The van der Waals surface area contributed by atoms with Gasteiger partial charge in [0.1, 0.15) is 5.82 Å². The van der Waals surface area contributed by atoms with Crippen molar-refractivity contribution >= 4 is 17.4 Å². The first-order valence-electron chi connectivity index (χ1n) is 5.83. The summed E-state index contributed by atoms with van der Waals surface area (Å²) in [5, 5.41) is 2.82. The fraction of sp³-hybridized carbons (Fsp3) is 0.500. The summed E-state index contributed by atoms with van der Waals surface area (Å²) < 4.78 is 5.26. The Bertz CT molecular complexity index is 372. The molecule has 5 nitrogen and oxygen atoms in total. The lowest BCUT2D eigenvalue weighted by atomic mass is 9.96. The molecule has 17 heavy (non-hydrogen) atoms. The van der Waals surface area contributed by atoms with Crippen LogP contribution in [-0.2, 0) is 9.53 Å². The zero-order valence-electron chi connectivity index (χ0n) is 9.69. The number of hydrogen-bond acceptors (Lipinski definition) is 4. The van der Waals surface area contributed by atoms with E-state index in [4.69, 9.17) is 10.5 Å². The van der Waals surface area contributed by atoms with E-state index in [1.165, 1.54) is 0 Å². The van der Waals surface area contributed by atoms with Gasteiger partial charge in [-0.1, -0.05) is 0 Å². The SMILES string of the molecule is Nc1ccc(NC(=O)CC2CCOCC2)cn1. The van der Waals surface area contributed by atoms with E-state index in [-0.39, 0.29) is 5.91 Å². The third-order valence-electron chi connectivity index (χ3n) is 2.89. The van der Waals surface area contributed by atoms with Crippen LogP contribution in [0.15, 0.2) is 18.3 Å². The van der Waals surface area contributed by atoms with Crippen molar-refractivity contribution < 1.29 is 9.53 Å². The Morgan fingerprint density at radius 2 is 2.24 bits per heavy atom. The number of nitrogens with zero attached hydrogens (tertiary/aromatic N) is 1. The molecule has 2 heterocycles. The number of nitrogens with two attached hydrogens (primary N) is 1. The molecule has 0 atom stereocenters. The molecule has 1 aliphatic heterocycles. The van der Waals surface area contributed by atoms with Crippen LogP contribution in [-0.4, -0.2) is 24.1 Å². The highest BCUT2D eigenvalue weighted by Crippen LogP contribution is 2.19. The van der Waals surface area contributed by atoms with Crippen molar-refractivity contribution in [3.63, 3.8) is 0 Å². The first kappa shape index (κ1) is 11.9. The molecule has 1 saturated heterocycles. The van der Waals surface area contributed by atoms with Gasteiger partial charge in [-0.3, -0.25) is 4.79 Å². The summed E-state index contributed by atoms with van der Waals surface area (Å²) in [5.41, 5.74) is 6.16. The number of aromatic nitrogens is 1. The second kappa shape index (κ2) is 5.63. The summed E-state index contributed by atoms with van der Waals surface area (Å²) >= 11 is 0. The van der Waals surface area contributed by atoms with Crippen molar-refractivity contribution in [3.8, 4) is 0 Å². The van der Waals surface area contributed by atoms with Gasteiger partial charge in [-0.25, -0.2) is 4.98 Å². The first-order valence-corrected chi connectivity index (χ1v) is 5.83. The Morgan fingerprint density at radius 1 is 1.47 bits per heavy atom. The number of pyridine rings is 1. The summed E-state index contributed by atoms with van der Waals surface area (Å²) in [6.07, 6.45) is 4.05. The standard InChI is InChI=1S/C12H17N3O2/c13-11-2-1-10(8-14-11)15-12(16)7-9-3-5-17-6-4-9/h1-2,8-9H,3-7H2,(H2,13,14)(H,15,16). The van der Waals surface area contributed by atoms with Crippen LogP contribution in [0.5, 0.6) is 0 Å². The van der Waals surface area contributed by atoms with Crippen LogP contribution >= 0.6 is 0 Å². The molecular formula is C12H17N3O2. The first-order chi connectivity index (χ1) is 8.24. The lowest BCUT2D eigenvalue weighted by Gasteiger charge is -2.21. The van der Waals surface area contributed by atoms with Crippen LogP contribution in [0.1, 0.15) is 19.3 Å². The number of carbonyl (C=O) groups is 1. The van der Waals surface area contributed by atoms with E-state index in [1.807, 2.05) is 0 Å². The van der Waals surface area contributed by atoms with Crippen molar-refractivity contribution in [2.75, 3.05) is 24.3 Å². The highest BCUT2D eigenvalue weighted by atomic mass is 16.5. The third kappa shape index (κ3) is 3.71. The molecule has 1 aliphatic rings. The number of anilines is 2. The van der Waals surface area contributed by atoms with Gasteiger partial charge < -0.3 is 15.8 Å². The van der Waals surface area contributed by atoms with Crippen LogP contribution in [0.25, 0.3) is 0 Å². The quantitative estimate of drug-likeness (QED) is 0.830. The van der Waals surface area contributed by atoms with Crippen LogP contribution in [0.3, 0.4) is 0 Å². The lowest BCUT2D eigenvalue weighted by molar-refractivity contribution is -0.117. The van der Waals surface area contributed by atoms with E-state index in [0.29, 0.717) is 23.8 Å². The van der Waals surface area contributed by atoms with Gasteiger partial charge in [0.2, 0.25) is 5.91 Å². The van der Waals surface area contributed by atoms with Crippen molar-refractivity contribution in [3.05, 3.63) is 18.3 Å². The zero-order chi connectivity index (χ0) is 12.1. The number of nitrogens with one attached hydrogen (secondary N) is 1. The Labute approximate surface area is 100 Å². The summed E-state index contributed by atoms with van der Waals surface area (Å²) in [6.45, 7) is 1.53. The topological polar surface area (TPSA) is 77.2 Å². The number of nitrogen functional groups attached to an aromatic ring is 1. The highest BCUT2D eigenvalue weighted by molar-refractivity contribution is 5.90. The van der Waals surface area contributed by atoms with Gasteiger partial charge in [0.25, 0.3) is 0 Å². The lowest BCUT2D eigenvalue weighted by Crippen LogP contribution is -2.22. The minimum atomic E-state index is 0.0310. The summed E-state index contributed by atoms with van der Waals surface area (Å²) in [6, 6.07) is 3.42. The maximum absolute atomic E-state index is 11.8. The molecule has 0 bridgehead atoms. The summed E-state index contributed by atoms with van der Waals surface area (Å²) in [5.74, 6) is 0.918. The zero-order valence-corrected chi connectivity index (χ0v) is 9.69. The molecule has 5 heteroatoms. The molecule has 1 aromatic heterocycles. The van der Waals surface area contributed by atoms with Crippen LogP contribution < -0.4 is 11.1 Å². The second-order valence-corrected chi connectivity index (χ2v) is 4.28. The molecule has 92 valence electrons. The normalized spacial score (nSPS) is 16.7. The smallest absolute Gasteiger partial charge is 0.224 e. The highest BCUT2D eigenvalue weighted by Gasteiger charge is 2.17. The fourth-order valence-electron chi connectivity index (χ4n) is 1.90.